The summed E-state index contributed by atoms with van der Waals surface area (Å²) in [5, 5.41) is 11.3. The van der Waals surface area contributed by atoms with E-state index in [9.17, 15) is 28.0 Å². The smallest absolute Gasteiger partial charge is 0.263 e. The van der Waals surface area contributed by atoms with Crippen LogP contribution in [0, 0.1) is 25.1 Å². The number of pyridine rings is 1. The van der Waals surface area contributed by atoms with E-state index in [1.165, 1.54) is 23.0 Å². The SMILES string of the molecule is Cc1ccc(C(=O)N[C@@H](C(=O)Nc2ccc3c(c2)C(/C=C2\[CH-]N=CN2)C(=O)N3)c2ccccc2)c(=O)n1Cc1ccc(F)c(F)c1. The highest BCUT2D eigenvalue weighted by molar-refractivity contribution is 6.06. The second-order valence-electron chi connectivity index (χ2n) is 10.8. The number of aliphatic imine (C=N–C) groups is 1. The van der Waals surface area contributed by atoms with Crippen LogP contribution in [0.3, 0.4) is 0 Å². The van der Waals surface area contributed by atoms with Gasteiger partial charge in [-0.05, 0) is 72.4 Å². The van der Waals surface area contributed by atoms with Crippen LogP contribution in [-0.2, 0) is 16.1 Å². The number of hydrogen-bond donors (Lipinski definition) is 4. The molecule has 46 heavy (non-hydrogen) atoms. The van der Waals surface area contributed by atoms with Gasteiger partial charge in [0.2, 0.25) is 5.91 Å². The molecule has 2 aliphatic heterocycles. The summed E-state index contributed by atoms with van der Waals surface area (Å²) in [4.78, 5) is 57.3. The number of rotatable bonds is 8. The van der Waals surface area contributed by atoms with E-state index in [4.69, 9.17) is 0 Å². The third-order valence-electron chi connectivity index (χ3n) is 7.69. The molecule has 2 aliphatic rings. The molecule has 4 aromatic rings. The first-order chi connectivity index (χ1) is 22.2. The van der Waals surface area contributed by atoms with Gasteiger partial charge in [0.05, 0.1) is 6.54 Å². The van der Waals surface area contributed by atoms with E-state index < -0.39 is 41.0 Å². The Hall–Kier alpha value is -6.04. The molecule has 12 heteroatoms. The van der Waals surface area contributed by atoms with Gasteiger partial charge in [0.15, 0.2) is 11.6 Å². The van der Waals surface area contributed by atoms with Crippen LogP contribution in [0.2, 0.25) is 0 Å². The van der Waals surface area contributed by atoms with Crippen LogP contribution in [0.5, 0.6) is 0 Å². The maximum absolute atomic E-state index is 13.8. The first kappa shape index (κ1) is 30.0. The molecule has 0 saturated carbocycles. The summed E-state index contributed by atoms with van der Waals surface area (Å²) in [6.07, 6.45) is 3.24. The quantitative estimate of drug-likeness (QED) is 0.218. The molecule has 232 valence electrons. The monoisotopic (exact) mass is 621 g/mol. The minimum absolute atomic E-state index is 0.0972. The van der Waals surface area contributed by atoms with Crippen molar-refractivity contribution in [3.8, 4) is 0 Å². The van der Waals surface area contributed by atoms with Crippen molar-refractivity contribution in [2.75, 3.05) is 10.6 Å². The van der Waals surface area contributed by atoms with Gasteiger partial charge >= 0.3 is 0 Å². The number of aryl methyl sites for hydroxylation is 1. The Balaban J connectivity index is 1.25. The van der Waals surface area contributed by atoms with E-state index in [-0.39, 0.29) is 18.0 Å². The van der Waals surface area contributed by atoms with Crippen LogP contribution in [0.25, 0.3) is 0 Å². The number of halogens is 2. The average molecular weight is 622 g/mol. The Kier molecular flexibility index (Phi) is 8.17. The molecule has 6 rings (SSSR count). The fourth-order valence-corrected chi connectivity index (χ4v) is 5.30. The van der Waals surface area contributed by atoms with Crippen molar-refractivity contribution in [2.45, 2.75) is 25.4 Å². The lowest BCUT2D eigenvalue weighted by molar-refractivity contribution is -0.118. The van der Waals surface area contributed by atoms with Gasteiger partial charge in [-0.15, -0.1) is 6.08 Å². The van der Waals surface area contributed by atoms with Gasteiger partial charge in [0.25, 0.3) is 17.4 Å². The largest absolute Gasteiger partial charge is 0.418 e. The summed E-state index contributed by atoms with van der Waals surface area (Å²) < 4.78 is 28.5. The van der Waals surface area contributed by atoms with Crippen LogP contribution < -0.4 is 26.8 Å². The van der Waals surface area contributed by atoms with Crippen molar-refractivity contribution in [3.05, 3.63) is 147 Å². The van der Waals surface area contributed by atoms with Crippen LogP contribution >= 0.6 is 0 Å². The molecular formula is C34H27F2N6O4-. The molecule has 4 N–H and O–H groups in total. The predicted molar refractivity (Wildman–Crippen MR) is 168 cm³/mol. The number of nitrogens with zero attached hydrogens (tertiary/aromatic N) is 2. The second kappa shape index (κ2) is 12.5. The third kappa shape index (κ3) is 6.13. The Morgan fingerprint density at radius 2 is 1.83 bits per heavy atom. The summed E-state index contributed by atoms with van der Waals surface area (Å²) in [5.74, 6) is -4.29. The Bertz CT molecular complexity index is 1980. The molecule has 3 heterocycles. The number of aromatic nitrogens is 1. The van der Waals surface area contributed by atoms with E-state index in [2.05, 4.69) is 26.3 Å². The summed E-state index contributed by atoms with van der Waals surface area (Å²) in [6.45, 7) is 3.15. The standard InChI is InChI=1S/C34H27F2N6O4/c1-19-7-10-24(34(46)42(19)17-20-8-11-27(35)28(36)13-20)31(43)41-30(21-5-3-2-4-6-21)33(45)39-22-9-12-29-25(14-22)26(32(44)40-29)15-23-16-37-18-38-23/h2-16,18,26,30H,17H2,1H3,(H,37,38)(H,39,45)(H,40,44)(H,41,43)/q-1/b23-15+/t26?,30-/m1/s1. The van der Waals surface area contributed by atoms with Crippen LogP contribution in [0.1, 0.15) is 44.7 Å². The summed E-state index contributed by atoms with van der Waals surface area (Å²) >= 11 is 0. The fraction of sp³-hybridized carbons (Fsp3) is 0.118. The number of carbonyl (C=O) groups excluding carboxylic acids is 3. The molecule has 0 spiro atoms. The van der Waals surface area contributed by atoms with Crippen molar-refractivity contribution in [1.82, 2.24) is 15.2 Å². The molecule has 3 aromatic carbocycles. The lowest BCUT2D eigenvalue weighted by Gasteiger charge is -2.20. The van der Waals surface area contributed by atoms with Gasteiger partial charge in [-0.1, -0.05) is 48.6 Å². The lowest BCUT2D eigenvalue weighted by Crippen LogP contribution is -2.40. The first-order valence-corrected chi connectivity index (χ1v) is 14.3. The molecule has 0 bridgehead atoms. The highest BCUT2D eigenvalue weighted by Gasteiger charge is 2.29. The summed E-state index contributed by atoms with van der Waals surface area (Å²) in [7, 11) is 0. The van der Waals surface area contributed by atoms with Crippen molar-refractivity contribution in [2.24, 2.45) is 4.99 Å². The van der Waals surface area contributed by atoms with E-state index in [0.717, 1.165) is 12.1 Å². The normalized spacial score (nSPS) is 16.3. The van der Waals surface area contributed by atoms with Gasteiger partial charge in [-0.25, -0.2) is 8.78 Å². The number of fused-ring (bicyclic) bond motifs is 1. The van der Waals surface area contributed by atoms with Crippen LogP contribution in [-0.4, -0.2) is 28.6 Å². The van der Waals surface area contributed by atoms with Crippen molar-refractivity contribution < 1.29 is 23.2 Å². The highest BCUT2D eigenvalue weighted by Crippen LogP contribution is 2.36. The maximum Gasteiger partial charge on any atom is 0.263 e. The molecule has 0 radical (unpaired) electrons. The van der Waals surface area contributed by atoms with E-state index in [0.29, 0.717) is 39.5 Å². The minimum atomic E-state index is -1.20. The number of hydrogen-bond acceptors (Lipinski definition) is 6. The van der Waals surface area contributed by atoms with Crippen LogP contribution in [0.15, 0.2) is 100 Å². The van der Waals surface area contributed by atoms with Crippen molar-refractivity contribution in [1.29, 1.82) is 0 Å². The molecule has 10 nitrogen and oxygen atoms in total. The van der Waals surface area contributed by atoms with E-state index >= 15 is 0 Å². The van der Waals surface area contributed by atoms with Crippen molar-refractivity contribution >= 4 is 35.4 Å². The topological polar surface area (TPSA) is 134 Å². The van der Waals surface area contributed by atoms with Gasteiger partial charge in [0, 0.05) is 23.0 Å². The third-order valence-corrected chi connectivity index (χ3v) is 7.69. The molecule has 1 unspecified atom stereocenters. The van der Waals surface area contributed by atoms with Crippen LogP contribution in [0.4, 0.5) is 20.2 Å². The zero-order valence-corrected chi connectivity index (χ0v) is 24.4. The fourth-order valence-electron chi connectivity index (χ4n) is 5.30. The zero-order chi connectivity index (χ0) is 32.4. The Morgan fingerprint density at radius 3 is 2.57 bits per heavy atom. The zero-order valence-electron chi connectivity index (χ0n) is 24.4. The second-order valence-corrected chi connectivity index (χ2v) is 10.8. The number of benzene rings is 3. The molecule has 2 atom stereocenters. The van der Waals surface area contributed by atoms with Gasteiger partial charge in [0.1, 0.15) is 11.6 Å². The molecule has 3 amide bonds. The molecular weight excluding hydrogens is 594 g/mol. The summed E-state index contributed by atoms with van der Waals surface area (Å²) in [6, 6.07) is 18.6. The maximum atomic E-state index is 13.8. The first-order valence-electron chi connectivity index (χ1n) is 14.3. The Labute approximate surface area is 261 Å². The van der Waals surface area contributed by atoms with Crippen molar-refractivity contribution in [3.63, 3.8) is 0 Å². The molecule has 0 aliphatic carbocycles. The number of carbonyl (C=O) groups is 3. The highest BCUT2D eigenvalue weighted by atomic mass is 19.2. The molecule has 0 fully saturated rings. The van der Waals surface area contributed by atoms with Gasteiger partial charge in [-0.3, -0.25) is 19.2 Å². The van der Waals surface area contributed by atoms with E-state index in [1.54, 1.807) is 74.1 Å². The van der Waals surface area contributed by atoms with Gasteiger partial charge in [-0.2, -0.15) is 0 Å². The number of amides is 3. The average Bonchev–Trinajstić information content (AvgIpc) is 3.67. The minimum Gasteiger partial charge on any atom is -0.418 e. The molecule has 0 saturated heterocycles. The lowest BCUT2D eigenvalue weighted by atomic mass is 9.98. The molecule has 1 aromatic heterocycles. The van der Waals surface area contributed by atoms with Gasteiger partial charge < -0.3 is 30.8 Å². The number of anilines is 2. The predicted octanol–water partition coefficient (Wildman–Crippen LogP) is 4.31. The van der Waals surface area contributed by atoms with E-state index in [1.807, 2.05) is 0 Å². The Morgan fingerprint density at radius 1 is 1.02 bits per heavy atom. The summed E-state index contributed by atoms with van der Waals surface area (Å²) in [5.41, 5.74) is 2.71. The number of nitrogens with one attached hydrogen (secondary N) is 4.